The number of carbonyl (C=O) groups is 1. The molecule has 5 rings (SSSR count). The van der Waals surface area contributed by atoms with Crippen molar-refractivity contribution in [2.45, 2.75) is 48.2 Å². The van der Waals surface area contributed by atoms with Gasteiger partial charge in [0.2, 0.25) is 0 Å². The molecule has 0 aliphatic heterocycles. The van der Waals surface area contributed by atoms with Crippen LogP contribution in [0.4, 0.5) is 26.3 Å². The van der Waals surface area contributed by atoms with Crippen LogP contribution in [0.1, 0.15) is 37.3 Å². The summed E-state index contributed by atoms with van der Waals surface area (Å²) in [4.78, 5) is 19.9. The molecule has 2 aromatic heterocycles. The number of benzene rings is 2. The second kappa shape index (κ2) is 11.2. The molecule has 206 valence electrons. The van der Waals surface area contributed by atoms with E-state index in [-0.39, 0.29) is 12.6 Å². The molecule has 4 aromatic rings. The van der Waals surface area contributed by atoms with Gasteiger partial charge in [-0.3, -0.25) is 9.78 Å². The topological polar surface area (TPSA) is 55.0 Å². The monoisotopic (exact) mass is 584 g/mol. The summed E-state index contributed by atoms with van der Waals surface area (Å²) in [5.41, 5.74) is -0.314. The van der Waals surface area contributed by atoms with Crippen LogP contribution in [-0.2, 0) is 21.9 Å². The Morgan fingerprint density at radius 3 is 2.23 bits per heavy atom. The fraction of sp³-hybridized carbons (Fsp3) is 0.296. The van der Waals surface area contributed by atoms with E-state index in [9.17, 15) is 31.1 Å². The lowest BCUT2D eigenvalue weighted by Crippen LogP contribution is -2.43. The SMILES string of the molecule is CCOC(=O)C1(Sc2ccnc3ccc(C(F)(F)F)cc23)CCC1.FC(F)(F)c1ccc2[nH]ccc(=S)c2c1. The minimum Gasteiger partial charge on any atom is -0.465 e. The Balaban J connectivity index is 0.000000202. The normalized spacial score (nSPS) is 14.8. The summed E-state index contributed by atoms with van der Waals surface area (Å²) in [6, 6.07) is 10.2. The van der Waals surface area contributed by atoms with Crippen molar-refractivity contribution >= 4 is 51.8 Å². The minimum absolute atomic E-state index is 0.288. The first kappa shape index (κ1) is 28.9. The standard InChI is InChI=1S/C17H16F3NO2S.C10H6F3NS/c1-2-23-15(22)16(7-3-8-16)24-14-6-9-21-13-5-4-11(10-12(13)14)17(18,19)20;11-10(12,13)6-1-2-8-7(5-6)9(15)3-4-14-8/h4-6,9-10H,2-3,7-8H2,1H3;1-5H,(H,14,15). The summed E-state index contributed by atoms with van der Waals surface area (Å²) >= 11 is 6.24. The van der Waals surface area contributed by atoms with Gasteiger partial charge >= 0.3 is 18.3 Å². The van der Waals surface area contributed by atoms with E-state index >= 15 is 0 Å². The molecule has 0 spiro atoms. The number of hydrogen-bond acceptors (Lipinski definition) is 5. The van der Waals surface area contributed by atoms with Crippen LogP contribution in [0.3, 0.4) is 0 Å². The highest BCUT2D eigenvalue weighted by molar-refractivity contribution is 8.01. The zero-order valence-corrected chi connectivity index (χ0v) is 22.1. The number of nitrogens with one attached hydrogen (secondary N) is 1. The zero-order valence-electron chi connectivity index (χ0n) is 20.4. The molecule has 39 heavy (non-hydrogen) atoms. The smallest absolute Gasteiger partial charge is 0.416 e. The first-order valence-corrected chi connectivity index (χ1v) is 13.1. The Bertz CT molecular complexity index is 1560. The number of aromatic nitrogens is 2. The third-order valence-corrected chi connectivity index (χ3v) is 8.13. The molecule has 2 heterocycles. The van der Waals surface area contributed by atoms with Crippen LogP contribution in [0.5, 0.6) is 0 Å². The molecule has 0 amide bonds. The van der Waals surface area contributed by atoms with Crippen molar-refractivity contribution in [3.63, 3.8) is 0 Å². The first-order valence-electron chi connectivity index (χ1n) is 11.8. The van der Waals surface area contributed by atoms with E-state index < -0.39 is 28.2 Å². The second-order valence-electron chi connectivity index (χ2n) is 8.81. The zero-order chi connectivity index (χ0) is 28.4. The van der Waals surface area contributed by atoms with Crippen LogP contribution in [-0.4, -0.2) is 27.3 Å². The highest BCUT2D eigenvalue weighted by atomic mass is 32.2. The van der Waals surface area contributed by atoms with Gasteiger partial charge in [-0.05, 0) is 74.7 Å². The number of rotatable bonds is 4. The molecule has 1 N–H and O–H groups in total. The maximum atomic E-state index is 13.0. The van der Waals surface area contributed by atoms with Crippen LogP contribution in [0, 0.1) is 4.51 Å². The lowest BCUT2D eigenvalue weighted by atomic mass is 9.84. The van der Waals surface area contributed by atoms with Gasteiger partial charge in [0.25, 0.3) is 0 Å². The molecule has 0 bridgehead atoms. The number of ether oxygens (including phenoxy) is 1. The molecule has 0 radical (unpaired) electrons. The summed E-state index contributed by atoms with van der Waals surface area (Å²) in [5, 5.41) is 0.829. The summed E-state index contributed by atoms with van der Waals surface area (Å²) < 4.78 is 81.1. The van der Waals surface area contributed by atoms with Gasteiger partial charge in [-0.25, -0.2) is 0 Å². The molecule has 0 atom stereocenters. The largest absolute Gasteiger partial charge is 0.465 e. The van der Waals surface area contributed by atoms with Crippen molar-refractivity contribution in [3.8, 4) is 0 Å². The molecular weight excluding hydrogens is 562 g/mol. The third-order valence-electron chi connectivity index (χ3n) is 6.23. The van der Waals surface area contributed by atoms with Gasteiger partial charge in [-0.15, -0.1) is 11.8 Å². The summed E-state index contributed by atoms with van der Waals surface area (Å²) in [6.07, 6.45) is -3.35. The first-order chi connectivity index (χ1) is 18.3. The molecule has 1 fully saturated rings. The Morgan fingerprint density at radius 1 is 1.00 bits per heavy atom. The fourth-order valence-electron chi connectivity index (χ4n) is 4.05. The molecule has 2 aromatic carbocycles. The van der Waals surface area contributed by atoms with Crippen molar-refractivity contribution in [2.75, 3.05) is 6.61 Å². The summed E-state index contributed by atoms with van der Waals surface area (Å²) in [7, 11) is 0. The number of alkyl halides is 6. The summed E-state index contributed by atoms with van der Waals surface area (Å²) in [5.74, 6) is -0.293. The molecular formula is C27H22F6N2O2S2. The number of carbonyl (C=O) groups excluding carboxylic acids is 1. The van der Waals surface area contributed by atoms with Gasteiger partial charge in [0, 0.05) is 38.1 Å². The Labute approximate surface area is 228 Å². The van der Waals surface area contributed by atoms with Gasteiger partial charge in [-0.2, -0.15) is 26.3 Å². The van der Waals surface area contributed by atoms with Gasteiger partial charge in [-0.1, -0.05) is 12.2 Å². The van der Waals surface area contributed by atoms with Crippen molar-refractivity contribution in [1.29, 1.82) is 0 Å². The number of thioether (sulfide) groups is 1. The van der Waals surface area contributed by atoms with Crippen molar-refractivity contribution in [1.82, 2.24) is 9.97 Å². The number of fused-ring (bicyclic) bond motifs is 2. The van der Waals surface area contributed by atoms with Crippen LogP contribution >= 0.6 is 24.0 Å². The molecule has 12 heteroatoms. The van der Waals surface area contributed by atoms with Crippen molar-refractivity contribution in [3.05, 3.63) is 76.6 Å². The Hall–Kier alpha value is -3.12. The van der Waals surface area contributed by atoms with E-state index in [1.54, 1.807) is 31.5 Å². The molecule has 1 saturated carbocycles. The number of hydrogen-bond donors (Lipinski definition) is 1. The Kier molecular flexibility index (Phi) is 8.27. The van der Waals surface area contributed by atoms with Crippen molar-refractivity contribution in [2.24, 2.45) is 0 Å². The average Bonchev–Trinajstić information content (AvgIpc) is 2.85. The van der Waals surface area contributed by atoms with E-state index in [0.29, 0.717) is 44.1 Å². The lowest BCUT2D eigenvalue weighted by molar-refractivity contribution is -0.148. The number of esters is 1. The summed E-state index contributed by atoms with van der Waals surface area (Å²) in [6.45, 7) is 2.03. The molecule has 0 saturated heterocycles. The lowest BCUT2D eigenvalue weighted by Gasteiger charge is -2.38. The highest BCUT2D eigenvalue weighted by Crippen LogP contribution is 2.50. The van der Waals surface area contributed by atoms with Crippen LogP contribution in [0.2, 0.25) is 0 Å². The average molecular weight is 585 g/mol. The number of halogens is 6. The van der Waals surface area contributed by atoms with E-state index in [2.05, 4.69) is 9.97 Å². The third kappa shape index (κ3) is 6.38. The maximum Gasteiger partial charge on any atom is 0.416 e. The molecule has 0 unspecified atom stereocenters. The van der Waals surface area contributed by atoms with Gasteiger partial charge < -0.3 is 9.72 Å². The fourth-order valence-corrected chi connectivity index (χ4v) is 5.75. The Morgan fingerprint density at radius 2 is 1.64 bits per heavy atom. The van der Waals surface area contributed by atoms with Crippen molar-refractivity contribution < 1.29 is 35.9 Å². The quantitative estimate of drug-likeness (QED) is 0.148. The van der Waals surface area contributed by atoms with Crippen LogP contribution < -0.4 is 0 Å². The van der Waals surface area contributed by atoms with E-state index in [0.717, 1.165) is 30.7 Å². The van der Waals surface area contributed by atoms with Gasteiger partial charge in [0.05, 0.1) is 23.3 Å². The minimum atomic E-state index is -4.42. The maximum absolute atomic E-state index is 13.0. The van der Waals surface area contributed by atoms with Crippen LogP contribution in [0.25, 0.3) is 21.8 Å². The number of aromatic amines is 1. The number of pyridine rings is 2. The number of nitrogens with zero attached hydrogens (tertiary/aromatic N) is 1. The van der Waals surface area contributed by atoms with Gasteiger partial charge in [0.1, 0.15) is 4.75 Å². The molecule has 1 aliphatic rings. The van der Waals surface area contributed by atoms with Gasteiger partial charge in [0.15, 0.2) is 0 Å². The predicted octanol–water partition coefficient (Wildman–Crippen LogP) is 8.75. The van der Waals surface area contributed by atoms with E-state index in [1.165, 1.54) is 23.9 Å². The van der Waals surface area contributed by atoms with E-state index in [4.69, 9.17) is 17.0 Å². The molecule has 4 nitrogen and oxygen atoms in total. The molecule has 1 aliphatic carbocycles. The van der Waals surface area contributed by atoms with Crippen LogP contribution in [0.15, 0.2) is 65.8 Å². The number of H-pyrrole nitrogens is 1. The second-order valence-corrected chi connectivity index (χ2v) is 10.7. The predicted molar refractivity (Wildman–Crippen MR) is 140 cm³/mol. The van der Waals surface area contributed by atoms with E-state index in [1.807, 2.05) is 0 Å². The highest BCUT2D eigenvalue weighted by Gasteiger charge is 2.47.